The summed E-state index contributed by atoms with van der Waals surface area (Å²) in [7, 11) is 0. The quantitative estimate of drug-likeness (QED) is 0.231. The van der Waals surface area contributed by atoms with Gasteiger partial charge in [0.25, 0.3) is 0 Å². The monoisotopic (exact) mass is 633 g/mol. The predicted molar refractivity (Wildman–Crippen MR) is 177 cm³/mol. The zero-order valence-electron chi connectivity index (χ0n) is 25.9. The predicted octanol–water partition coefficient (Wildman–Crippen LogP) is 5.86. The first-order valence-corrected chi connectivity index (χ1v) is 15.9. The summed E-state index contributed by atoms with van der Waals surface area (Å²) in [5, 5.41) is 1.89. The summed E-state index contributed by atoms with van der Waals surface area (Å²) in [4.78, 5) is 22.7. The van der Waals surface area contributed by atoms with Gasteiger partial charge in [-0.2, -0.15) is 9.97 Å². The minimum Gasteiger partial charge on any atom is -0.475 e. The maximum Gasteiger partial charge on any atom is 0.319 e. The first kappa shape index (κ1) is 29.3. The third-order valence-electron chi connectivity index (χ3n) is 9.89. The Morgan fingerprint density at radius 2 is 1.98 bits per heavy atom. The summed E-state index contributed by atoms with van der Waals surface area (Å²) in [6, 6.07) is 14.6. The van der Waals surface area contributed by atoms with E-state index in [9.17, 15) is 4.39 Å². The molecule has 0 spiro atoms. The molecule has 2 saturated heterocycles. The lowest BCUT2D eigenvalue weighted by molar-refractivity contribution is 0.107. The van der Waals surface area contributed by atoms with Gasteiger partial charge in [-0.3, -0.25) is 4.90 Å². The Morgan fingerprint density at radius 3 is 2.81 bits per heavy atom. The van der Waals surface area contributed by atoms with E-state index < -0.39 is 17.5 Å². The van der Waals surface area contributed by atoms with Crippen LogP contribution in [0.4, 0.5) is 20.4 Å². The molecule has 0 amide bonds. The molecule has 238 valence electrons. The molecule has 3 aliphatic heterocycles. The number of ether oxygens (including phenoxy) is 2. The van der Waals surface area contributed by atoms with Crippen molar-refractivity contribution < 1.29 is 18.3 Å². The molecule has 2 aromatic carbocycles. The second kappa shape index (κ2) is 11.3. The fourth-order valence-electron chi connectivity index (χ4n) is 7.64. The molecule has 5 aromatic rings. The smallest absolute Gasteiger partial charge is 0.319 e. The molecule has 8 rings (SSSR count). The number of aromatic nitrogens is 4. The van der Waals surface area contributed by atoms with E-state index >= 15 is 4.39 Å². The van der Waals surface area contributed by atoms with Gasteiger partial charge in [-0.15, -0.1) is 6.42 Å². The van der Waals surface area contributed by atoms with Crippen molar-refractivity contribution in [2.24, 2.45) is 0 Å². The fourth-order valence-corrected chi connectivity index (χ4v) is 7.64. The van der Waals surface area contributed by atoms with Crippen LogP contribution in [0.5, 0.6) is 11.9 Å². The highest BCUT2D eigenvalue weighted by Gasteiger charge is 2.49. The van der Waals surface area contributed by atoms with E-state index in [1.807, 2.05) is 54.3 Å². The van der Waals surface area contributed by atoms with E-state index in [1.54, 1.807) is 12.3 Å². The van der Waals surface area contributed by atoms with Gasteiger partial charge in [0, 0.05) is 41.2 Å². The highest BCUT2D eigenvalue weighted by molar-refractivity contribution is 6.03. The number of terminal acetylenes is 1. The lowest BCUT2D eigenvalue weighted by atomic mass is 9.95. The highest BCUT2D eigenvalue weighted by atomic mass is 19.1. The Bertz CT molecular complexity index is 2080. The van der Waals surface area contributed by atoms with Crippen LogP contribution in [0.1, 0.15) is 43.4 Å². The summed E-state index contributed by atoms with van der Waals surface area (Å²) in [5.74, 6) is 3.07. The number of halogens is 2. The number of pyridine rings is 2. The molecule has 6 heterocycles. The second-order valence-corrected chi connectivity index (χ2v) is 12.5. The molecule has 9 nitrogen and oxygen atoms in total. The molecular weight excluding hydrogens is 600 g/mol. The fraction of sp³-hybridized carbons (Fsp3) is 0.333. The number of hydrogen-bond acceptors (Lipinski definition) is 9. The van der Waals surface area contributed by atoms with E-state index in [0.29, 0.717) is 53.0 Å². The van der Waals surface area contributed by atoms with E-state index in [4.69, 9.17) is 31.6 Å². The molecule has 0 radical (unpaired) electrons. The molecule has 3 aliphatic rings. The average Bonchev–Trinajstić information content (AvgIpc) is 3.54. The van der Waals surface area contributed by atoms with E-state index in [2.05, 4.69) is 20.8 Å². The lowest BCUT2D eigenvalue weighted by Gasteiger charge is -2.32. The van der Waals surface area contributed by atoms with Gasteiger partial charge in [-0.1, -0.05) is 42.3 Å². The van der Waals surface area contributed by atoms with Crippen molar-refractivity contribution in [2.45, 2.75) is 43.9 Å². The van der Waals surface area contributed by atoms with Crippen LogP contribution in [0.2, 0.25) is 0 Å². The van der Waals surface area contributed by atoms with Gasteiger partial charge in [0.05, 0.1) is 18.1 Å². The van der Waals surface area contributed by atoms with Crippen LogP contribution in [-0.2, 0) is 0 Å². The second-order valence-electron chi connectivity index (χ2n) is 12.5. The van der Waals surface area contributed by atoms with Crippen molar-refractivity contribution in [2.75, 3.05) is 43.5 Å². The topological polar surface area (TPSA) is 103 Å². The molecular formula is C36H33F2N7O2. The van der Waals surface area contributed by atoms with Crippen molar-refractivity contribution in [3.8, 4) is 35.5 Å². The van der Waals surface area contributed by atoms with Gasteiger partial charge in [0.2, 0.25) is 5.88 Å². The first-order valence-electron chi connectivity index (χ1n) is 15.9. The largest absolute Gasteiger partial charge is 0.475 e. The molecule has 3 aromatic heterocycles. The molecule has 0 aliphatic carbocycles. The Morgan fingerprint density at radius 1 is 1.13 bits per heavy atom. The molecule has 0 bridgehead atoms. The van der Waals surface area contributed by atoms with Gasteiger partial charge in [0.15, 0.2) is 5.82 Å². The molecule has 3 atom stereocenters. The minimum atomic E-state index is -0.915. The zero-order chi connectivity index (χ0) is 32.3. The number of nitrogens with zero attached hydrogens (tertiary/aromatic N) is 6. The molecule has 2 fully saturated rings. The van der Waals surface area contributed by atoms with Crippen LogP contribution in [0.3, 0.4) is 0 Å². The van der Waals surface area contributed by atoms with Crippen molar-refractivity contribution in [3.63, 3.8) is 0 Å². The van der Waals surface area contributed by atoms with Crippen molar-refractivity contribution in [3.05, 3.63) is 71.7 Å². The first-order chi connectivity index (χ1) is 22.9. The lowest BCUT2D eigenvalue weighted by Crippen LogP contribution is -2.43. The molecule has 11 heteroatoms. The number of nitrogens with two attached hydrogens (primary N) is 1. The van der Waals surface area contributed by atoms with Crippen LogP contribution in [0, 0.1) is 18.2 Å². The Balaban J connectivity index is 1.32. The van der Waals surface area contributed by atoms with E-state index in [-0.39, 0.29) is 42.4 Å². The summed E-state index contributed by atoms with van der Waals surface area (Å²) in [6.45, 7) is 4.02. The summed E-state index contributed by atoms with van der Waals surface area (Å²) >= 11 is 0. The number of nitrogen functional groups attached to an aromatic ring is 1. The van der Waals surface area contributed by atoms with E-state index in [1.165, 1.54) is 0 Å². The third-order valence-corrected chi connectivity index (χ3v) is 9.89. The van der Waals surface area contributed by atoms with Gasteiger partial charge in [0.1, 0.15) is 47.6 Å². The Hall–Kier alpha value is -5.08. The molecule has 47 heavy (non-hydrogen) atoms. The maximum atomic E-state index is 17.1. The minimum absolute atomic E-state index is 0.00137. The van der Waals surface area contributed by atoms with Crippen LogP contribution < -0.4 is 20.1 Å². The number of anilines is 2. The van der Waals surface area contributed by atoms with Crippen LogP contribution in [0.15, 0.2) is 54.7 Å². The Labute approximate surface area is 270 Å². The third kappa shape index (κ3) is 4.78. The summed E-state index contributed by atoms with van der Waals surface area (Å²) < 4.78 is 44.2. The van der Waals surface area contributed by atoms with Gasteiger partial charge < -0.3 is 20.1 Å². The number of alkyl halides is 1. The summed E-state index contributed by atoms with van der Waals surface area (Å²) in [5.41, 5.74) is 7.86. The number of rotatable bonds is 6. The molecule has 0 saturated carbocycles. The SMILES string of the molecule is C#Cc1cccc2cccc(-c3nc4c5c(nc(OC[C@@]67CCCN6C[C@H](F)C7)nc5c3F)N([C@H](C)c3cccnc3N)CCO4)c12. The van der Waals surface area contributed by atoms with Crippen LogP contribution in [-0.4, -0.2) is 69.4 Å². The van der Waals surface area contributed by atoms with Gasteiger partial charge in [-0.05, 0) is 43.8 Å². The maximum absolute atomic E-state index is 17.1. The van der Waals surface area contributed by atoms with Gasteiger partial charge in [-0.25, -0.2) is 18.7 Å². The standard InChI is InChI=1S/C36H33F2N7O2/c1-3-22-8-4-9-23-10-5-11-26(27(22)23)30-29(38)31-28-33(43-35(42-31)47-20-36-13-7-15-44(36)19-24(37)18-36)45(16-17-46-34(28)41-30)21(2)25-12-6-14-40-32(25)39/h1,4-6,8-12,14,21,24H,7,13,15-20H2,2H3,(H2,39,40)/t21-,24-,36+/m1/s1. The van der Waals surface area contributed by atoms with Crippen molar-refractivity contribution in [1.82, 2.24) is 24.8 Å². The number of hydrogen-bond donors (Lipinski definition) is 1. The average molecular weight is 634 g/mol. The zero-order valence-corrected chi connectivity index (χ0v) is 25.9. The van der Waals surface area contributed by atoms with Crippen LogP contribution >= 0.6 is 0 Å². The van der Waals surface area contributed by atoms with Crippen molar-refractivity contribution >= 4 is 33.3 Å². The van der Waals surface area contributed by atoms with Crippen LogP contribution in [0.25, 0.3) is 32.9 Å². The number of fused-ring (bicyclic) bond motifs is 2. The van der Waals surface area contributed by atoms with Crippen molar-refractivity contribution in [1.29, 1.82) is 0 Å². The highest BCUT2D eigenvalue weighted by Crippen LogP contribution is 2.44. The molecule has 2 N–H and O–H groups in total. The summed E-state index contributed by atoms with van der Waals surface area (Å²) in [6.07, 6.45) is 8.76. The molecule has 0 unspecified atom stereocenters. The number of benzene rings is 2. The van der Waals surface area contributed by atoms with Gasteiger partial charge >= 0.3 is 6.01 Å². The van der Waals surface area contributed by atoms with E-state index in [0.717, 1.165) is 30.3 Å². The Kier molecular flexibility index (Phi) is 7.06. The normalized spacial score (nSPS) is 21.3.